The number of carbonyl (C=O) groups excluding carboxylic acids is 1. The third-order valence-electron chi connectivity index (χ3n) is 4.50. The van der Waals surface area contributed by atoms with Gasteiger partial charge in [0.2, 0.25) is 5.91 Å². The summed E-state index contributed by atoms with van der Waals surface area (Å²) >= 11 is 1.27. The van der Waals surface area contributed by atoms with E-state index in [4.69, 9.17) is 24.1 Å². The fourth-order valence-electron chi connectivity index (χ4n) is 3.33. The maximum absolute atomic E-state index is 13.2. The fourth-order valence-corrected chi connectivity index (χ4v) is 4.46. The molecule has 0 radical (unpaired) electrons. The van der Waals surface area contributed by atoms with Gasteiger partial charge in [-0.15, -0.1) is 0 Å². The van der Waals surface area contributed by atoms with Crippen molar-refractivity contribution in [2.24, 2.45) is 0 Å². The monoisotopic (exact) mass is 429 g/mol. The van der Waals surface area contributed by atoms with Gasteiger partial charge in [0.15, 0.2) is 5.79 Å². The first-order valence-electron chi connectivity index (χ1n) is 9.14. The van der Waals surface area contributed by atoms with Crippen molar-refractivity contribution in [1.29, 1.82) is 0 Å². The van der Waals surface area contributed by atoms with Crippen molar-refractivity contribution in [3.05, 3.63) is 30.1 Å². The molecule has 0 aromatic heterocycles. The number of benzene rings is 1. The Labute approximate surface area is 172 Å². The molecule has 1 aromatic rings. The Morgan fingerprint density at radius 1 is 1.34 bits per heavy atom. The number of rotatable bonds is 6. The predicted molar refractivity (Wildman–Crippen MR) is 101 cm³/mol. The Balaban J connectivity index is 1.89. The van der Waals surface area contributed by atoms with E-state index in [0.717, 1.165) is 4.90 Å². The van der Waals surface area contributed by atoms with E-state index in [2.05, 4.69) is 5.32 Å². The minimum Gasteiger partial charge on any atom is -0.480 e. The second-order valence-electron chi connectivity index (χ2n) is 7.30. The lowest BCUT2D eigenvalue weighted by atomic mass is 9.96. The summed E-state index contributed by atoms with van der Waals surface area (Å²) in [5, 5.41) is 11.9. The molecule has 2 saturated heterocycles. The van der Waals surface area contributed by atoms with Gasteiger partial charge in [0, 0.05) is 11.8 Å². The first-order chi connectivity index (χ1) is 13.6. The number of hydrogen-bond acceptors (Lipinski definition) is 7. The largest absolute Gasteiger partial charge is 0.480 e. The molecule has 2 N–H and O–H groups in total. The molecule has 0 spiro atoms. The van der Waals surface area contributed by atoms with Gasteiger partial charge in [0.25, 0.3) is 0 Å². The van der Waals surface area contributed by atoms with Gasteiger partial charge in [-0.1, -0.05) is 11.8 Å². The molecule has 3 rings (SSSR count). The molecule has 2 aliphatic rings. The minimum atomic E-state index is -1.14. The summed E-state index contributed by atoms with van der Waals surface area (Å²) in [6.07, 6.45) is -1.94. The van der Waals surface area contributed by atoms with E-state index in [9.17, 15) is 14.0 Å². The Bertz CT molecular complexity index is 745. The van der Waals surface area contributed by atoms with Crippen LogP contribution in [0.1, 0.15) is 20.8 Å². The van der Waals surface area contributed by atoms with Crippen molar-refractivity contribution in [1.82, 2.24) is 5.32 Å². The molecule has 2 heterocycles. The van der Waals surface area contributed by atoms with Crippen LogP contribution in [0.3, 0.4) is 0 Å². The topological polar surface area (TPSA) is 103 Å². The number of fused-ring (bicyclic) bond motifs is 1. The van der Waals surface area contributed by atoms with Crippen LogP contribution in [-0.2, 0) is 28.5 Å². The second kappa shape index (κ2) is 8.97. The quantitative estimate of drug-likeness (QED) is 0.705. The summed E-state index contributed by atoms with van der Waals surface area (Å²) in [5.41, 5.74) is -0.627. The van der Waals surface area contributed by atoms with Gasteiger partial charge in [-0.3, -0.25) is 4.79 Å². The summed E-state index contributed by atoms with van der Waals surface area (Å²) in [6, 6.07) is 5.16. The SMILES string of the molecule is CC(=O)NC1C(Sc2ccc(F)cc2)OC2COC(C)(C)OC2C1OCC(=O)O. The highest BCUT2D eigenvalue weighted by molar-refractivity contribution is 7.99. The molecule has 10 heteroatoms. The maximum Gasteiger partial charge on any atom is 0.329 e. The van der Waals surface area contributed by atoms with Crippen LogP contribution in [-0.4, -0.2) is 65.8 Å². The Morgan fingerprint density at radius 2 is 2.03 bits per heavy atom. The molecule has 2 aliphatic heterocycles. The zero-order valence-electron chi connectivity index (χ0n) is 16.3. The average Bonchev–Trinajstić information content (AvgIpc) is 2.62. The lowest BCUT2D eigenvalue weighted by molar-refractivity contribution is -0.344. The summed E-state index contributed by atoms with van der Waals surface area (Å²) in [5.74, 6) is -2.73. The Morgan fingerprint density at radius 3 is 2.66 bits per heavy atom. The molecule has 1 amide bonds. The predicted octanol–water partition coefficient (Wildman–Crippen LogP) is 1.77. The summed E-state index contributed by atoms with van der Waals surface area (Å²) in [7, 11) is 0. The maximum atomic E-state index is 13.2. The van der Waals surface area contributed by atoms with E-state index >= 15 is 0 Å². The molecule has 1 aromatic carbocycles. The first-order valence-corrected chi connectivity index (χ1v) is 10.0. The molecular formula is C19H24FNO7S. The van der Waals surface area contributed by atoms with E-state index in [1.807, 2.05) is 0 Å². The lowest BCUT2D eigenvalue weighted by Gasteiger charge is -2.51. The molecule has 0 aliphatic carbocycles. The van der Waals surface area contributed by atoms with Gasteiger partial charge in [-0.25, -0.2) is 9.18 Å². The van der Waals surface area contributed by atoms with Crippen molar-refractivity contribution < 1.29 is 38.0 Å². The lowest BCUT2D eigenvalue weighted by Crippen LogP contribution is -2.68. The zero-order chi connectivity index (χ0) is 21.2. The highest BCUT2D eigenvalue weighted by atomic mass is 32.2. The van der Waals surface area contributed by atoms with Gasteiger partial charge in [-0.2, -0.15) is 0 Å². The number of halogens is 1. The number of hydrogen-bond donors (Lipinski definition) is 2. The van der Waals surface area contributed by atoms with Gasteiger partial charge in [0.05, 0.1) is 12.6 Å². The summed E-state index contributed by atoms with van der Waals surface area (Å²) in [4.78, 5) is 23.7. The van der Waals surface area contributed by atoms with E-state index < -0.39 is 48.2 Å². The molecule has 2 fully saturated rings. The molecule has 0 bridgehead atoms. The molecule has 5 unspecified atom stereocenters. The van der Waals surface area contributed by atoms with Crippen LogP contribution in [0, 0.1) is 5.82 Å². The summed E-state index contributed by atoms with van der Waals surface area (Å²) in [6.45, 7) is 4.50. The van der Waals surface area contributed by atoms with E-state index in [1.54, 1.807) is 26.0 Å². The number of nitrogens with one attached hydrogen (secondary N) is 1. The van der Waals surface area contributed by atoms with Crippen LogP contribution in [0.5, 0.6) is 0 Å². The number of ether oxygens (including phenoxy) is 4. The second-order valence-corrected chi connectivity index (χ2v) is 8.48. The number of carbonyl (C=O) groups is 2. The first kappa shape index (κ1) is 22.0. The summed E-state index contributed by atoms with van der Waals surface area (Å²) < 4.78 is 36.7. The Kier molecular flexibility index (Phi) is 6.79. The smallest absolute Gasteiger partial charge is 0.329 e. The van der Waals surface area contributed by atoms with Crippen LogP contribution in [0.2, 0.25) is 0 Å². The van der Waals surface area contributed by atoms with Crippen LogP contribution >= 0.6 is 11.8 Å². The minimum absolute atomic E-state index is 0.220. The number of carboxylic acid groups (broad SMARTS) is 1. The highest BCUT2D eigenvalue weighted by Gasteiger charge is 2.52. The van der Waals surface area contributed by atoms with Gasteiger partial charge >= 0.3 is 5.97 Å². The van der Waals surface area contributed by atoms with Gasteiger partial charge < -0.3 is 29.4 Å². The molecule has 160 valence electrons. The van der Waals surface area contributed by atoms with Gasteiger partial charge in [-0.05, 0) is 38.1 Å². The van der Waals surface area contributed by atoms with Crippen molar-refractivity contribution in [3.63, 3.8) is 0 Å². The standard InChI is InChI=1S/C19H24FNO7S/c1-10(22)21-15-17(25-9-14(23)24)16-13(8-26-19(2,3)28-16)27-18(15)29-12-6-4-11(20)5-7-12/h4-7,13,15-18H,8-9H2,1-3H3,(H,21,22)(H,23,24). The van der Waals surface area contributed by atoms with Crippen LogP contribution in [0.4, 0.5) is 4.39 Å². The van der Waals surface area contributed by atoms with Crippen LogP contribution in [0.25, 0.3) is 0 Å². The zero-order valence-corrected chi connectivity index (χ0v) is 17.1. The third-order valence-corrected chi connectivity index (χ3v) is 5.68. The molecule has 29 heavy (non-hydrogen) atoms. The number of carboxylic acids is 1. The van der Waals surface area contributed by atoms with E-state index in [-0.39, 0.29) is 18.3 Å². The van der Waals surface area contributed by atoms with Crippen LogP contribution in [0.15, 0.2) is 29.2 Å². The average molecular weight is 429 g/mol. The molecule has 5 atom stereocenters. The Hall–Kier alpha value is -1.72. The number of thioether (sulfide) groups is 1. The number of amides is 1. The van der Waals surface area contributed by atoms with Gasteiger partial charge in [0.1, 0.15) is 36.2 Å². The van der Waals surface area contributed by atoms with Crippen LogP contribution < -0.4 is 5.32 Å². The van der Waals surface area contributed by atoms with E-state index in [0.29, 0.717) is 0 Å². The highest BCUT2D eigenvalue weighted by Crippen LogP contribution is 2.39. The molecular weight excluding hydrogens is 405 g/mol. The molecule has 0 saturated carbocycles. The van der Waals surface area contributed by atoms with Crippen molar-refractivity contribution >= 4 is 23.6 Å². The third kappa shape index (κ3) is 5.67. The number of aliphatic carboxylic acids is 1. The van der Waals surface area contributed by atoms with E-state index in [1.165, 1.54) is 30.8 Å². The fraction of sp³-hybridized carbons (Fsp3) is 0.579. The van der Waals surface area contributed by atoms with Crippen molar-refractivity contribution in [2.45, 2.75) is 61.2 Å². The van der Waals surface area contributed by atoms with Crippen molar-refractivity contribution in [2.75, 3.05) is 13.2 Å². The van der Waals surface area contributed by atoms with Crippen molar-refractivity contribution in [3.8, 4) is 0 Å². The molecule has 8 nitrogen and oxygen atoms in total. The normalized spacial score (nSPS) is 31.0.